The van der Waals surface area contributed by atoms with Crippen LogP contribution < -0.4 is 0 Å². The van der Waals surface area contributed by atoms with E-state index in [0.29, 0.717) is 17.9 Å². The second-order valence-corrected chi connectivity index (χ2v) is 11.5. The Morgan fingerprint density at radius 3 is 2.44 bits per heavy atom. The highest BCUT2D eigenvalue weighted by atomic mass is 16.5. The van der Waals surface area contributed by atoms with Crippen molar-refractivity contribution in [3.8, 4) is 0 Å². The second-order valence-electron chi connectivity index (χ2n) is 11.5. The molecule has 4 aliphatic carbocycles. The third kappa shape index (κ3) is 2.66. The Balaban J connectivity index is 1.37. The monoisotopic (exact) mass is 371 g/mol. The molecule has 8 atom stereocenters. The molecule has 0 amide bonds. The third-order valence-electron chi connectivity index (χ3n) is 10.1. The number of ether oxygens (including phenoxy) is 1. The van der Waals surface area contributed by atoms with Gasteiger partial charge in [-0.3, -0.25) is 0 Å². The van der Waals surface area contributed by atoms with Crippen LogP contribution in [0.5, 0.6) is 0 Å². The van der Waals surface area contributed by atoms with E-state index < -0.39 is 5.60 Å². The van der Waals surface area contributed by atoms with Crippen molar-refractivity contribution in [3.63, 3.8) is 0 Å². The van der Waals surface area contributed by atoms with Crippen molar-refractivity contribution in [1.82, 2.24) is 0 Å². The predicted molar refractivity (Wildman–Crippen MR) is 106 cm³/mol. The highest BCUT2D eigenvalue weighted by molar-refractivity contribution is 5.12. The summed E-state index contributed by atoms with van der Waals surface area (Å²) in [6, 6.07) is 0. The van der Waals surface area contributed by atoms with Crippen LogP contribution in [-0.2, 0) is 4.74 Å². The molecule has 27 heavy (non-hydrogen) atoms. The first-order valence-corrected chi connectivity index (χ1v) is 11.5. The van der Waals surface area contributed by atoms with Crippen molar-refractivity contribution >= 4 is 0 Å². The van der Waals surface area contributed by atoms with Crippen molar-refractivity contribution in [1.29, 1.82) is 0 Å². The Kier molecular flexibility index (Phi) is 4.24. The molecule has 0 spiro atoms. The fourth-order valence-electron chi connectivity index (χ4n) is 9.01. The van der Waals surface area contributed by atoms with E-state index in [1.54, 1.807) is 0 Å². The maximum absolute atomic E-state index is 10.6. The van der Waals surface area contributed by atoms with Gasteiger partial charge < -0.3 is 14.7 Å². The SMILES string of the molecule is [C-]#[N+]CC1([C@H]2CC[C@H]3[C@@H]4CC[C@@H]5C[C@](C)(O)CC[C@@H]5[C@H]4CC[C@]23C)COC1. The number of nitrogens with zero attached hydrogens (tertiary/aromatic N) is 1. The van der Waals surface area contributed by atoms with E-state index in [1.165, 1.54) is 44.9 Å². The predicted octanol–water partition coefficient (Wildman–Crippen LogP) is 4.94. The summed E-state index contributed by atoms with van der Waals surface area (Å²) >= 11 is 0. The lowest BCUT2D eigenvalue weighted by molar-refractivity contribution is -0.175. The summed E-state index contributed by atoms with van der Waals surface area (Å²) < 4.78 is 5.66. The summed E-state index contributed by atoms with van der Waals surface area (Å²) in [6.45, 7) is 14.5. The molecule has 5 aliphatic rings. The fourth-order valence-corrected chi connectivity index (χ4v) is 9.01. The van der Waals surface area contributed by atoms with Gasteiger partial charge in [0.05, 0.1) is 24.2 Å². The molecule has 5 rings (SSSR count). The lowest BCUT2D eigenvalue weighted by Gasteiger charge is -2.59. The number of fused-ring (bicyclic) bond motifs is 5. The van der Waals surface area contributed by atoms with E-state index in [1.807, 2.05) is 0 Å². The van der Waals surface area contributed by atoms with Crippen LogP contribution in [0.3, 0.4) is 0 Å². The smallest absolute Gasteiger partial charge is 0.224 e. The van der Waals surface area contributed by atoms with E-state index in [-0.39, 0.29) is 5.41 Å². The van der Waals surface area contributed by atoms with E-state index >= 15 is 0 Å². The minimum atomic E-state index is -0.411. The Hall–Kier alpha value is -0.590. The van der Waals surface area contributed by atoms with Crippen molar-refractivity contribution in [3.05, 3.63) is 11.4 Å². The van der Waals surface area contributed by atoms with Gasteiger partial charge in [0.15, 0.2) is 0 Å². The van der Waals surface area contributed by atoms with Gasteiger partial charge in [-0.2, -0.15) is 0 Å². The van der Waals surface area contributed by atoms with Crippen LogP contribution in [0.1, 0.15) is 71.6 Å². The summed E-state index contributed by atoms with van der Waals surface area (Å²) in [5, 5.41) is 10.6. The first kappa shape index (κ1) is 18.4. The molecule has 3 nitrogen and oxygen atoms in total. The van der Waals surface area contributed by atoms with Gasteiger partial charge in [-0.25, -0.2) is 6.57 Å². The van der Waals surface area contributed by atoms with Gasteiger partial charge in [-0.15, -0.1) is 0 Å². The molecule has 4 saturated carbocycles. The van der Waals surface area contributed by atoms with Gasteiger partial charge in [0.25, 0.3) is 0 Å². The van der Waals surface area contributed by atoms with Gasteiger partial charge in [-0.1, -0.05) is 6.92 Å². The third-order valence-corrected chi connectivity index (χ3v) is 10.1. The molecule has 0 aromatic rings. The lowest BCUT2D eigenvalue weighted by Crippen LogP contribution is -2.57. The highest BCUT2D eigenvalue weighted by Crippen LogP contribution is 2.68. The Morgan fingerprint density at radius 2 is 1.74 bits per heavy atom. The zero-order chi connectivity index (χ0) is 18.9. The minimum Gasteiger partial charge on any atom is -0.390 e. The average Bonchev–Trinajstić information content (AvgIpc) is 2.94. The molecular formula is C24H37NO2. The second kappa shape index (κ2) is 6.20. The molecule has 1 aliphatic heterocycles. The molecule has 1 N–H and O–H groups in total. The van der Waals surface area contributed by atoms with Gasteiger partial charge in [0.1, 0.15) is 0 Å². The number of aliphatic hydroxyl groups is 1. The van der Waals surface area contributed by atoms with E-state index in [0.717, 1.165) is 55.6 Å². The Labute approximate surface area is 165 Å². The molecule has 0 radical (unpaired) electrons. The molecule has 3 heteroatoms. The Morgan fingerprint density at radius 1 is 0.963 bits per heavy atom. The largest absolute Gasteiger partial charge is 0.390 e. The van der Waals surface area contributed by atoms with Crippen LogP contribution in [0.4, 0.5) is 0 Å². The molecule has 1 heterocycles. The molecule has 0 unspecified atom stereocenters. The highest BCUT2D eigenvalue weighted by Gasteiger charge is 2.64. The van der Waals surface area contributed by atoms with Crippen LogP contribution in [0.2, 0.25) is 0 Å². The summed E-state index contributed by atoms with van der Waals surface area (Å²) in [5.74, 6) is 5.02. The maximum Gasteiger partial charge on any atom is 0.224 e. The Bertz CT molecular complexity index is 633. The van der Waals surface area contributed by atoms with E-state index in [4.69, 9.17) is 11.3 Å². The summed E-state index contributed by atoms with van der Waals surface area (Å²) in [5.41, 5.74) is 0.188. The topological polar surface area (TPSA) is 33.8 Å². The van der Waals surface area contributed by atoms with Crippen LogP contribution >= 0.6 is 0 Å². The van der Waals surface area contributed by atoms with Gasteiger partial charge in [0, 0.05) is 0 Å². The van der Waals surface area contributed by atoms with Crippen molar-refractivity contribution in [2.45, 2.75) is 77.2 Å². The summed E-state index contributed by atoms with van der Waals surface area (Å²) in [7, 11) is 0. The van der Waals surface area contributed by atoms with Crippen LogP contribution in [0.25, 0.3) is 4.85 Å². The normalized spacial score (nSPS) is 53.4. The standard InChI is InChI=1S/C24H37NO2/c1-22(26)10-8-17-16(12-22)4-5-19-18(17)9-11-23(2)20(19)6-7-21(23)24(13-25-3)14-27-15-24/h16-21,26H,4-15H2,1-2H3/t16-,17+,18-,19-,20+,21+,22-,23+/m1/s1. The van der Waals surface area contributed by atoms with Crippen LogP contribution in [0, 0.1) is 52.9 Å². The molecule has 0 bridgehead atoms. The number of hydrogen-bond acceptors (Lipinski definition) is 2. The molecule has 5 fully saturated rings. The summed E-state index contributed by atoms with van der Waals surface area (Å²) in [4.78, 5) is 3.84. The van der Waals surface area contributed by atoms with Crippen molar-refractivity contribution < 1.29 is 9.84 Å². The molecular weight excluding hydrogens is 334 g/mol. The van der Waals surface area contributed by atoms with Crippen LogP contribution in [-0.4, -0.2) is 30.5 Å². The zero-order valence-corrected chi connectivity index (χ0v) is 17.3. The zero-order valence-electron chi connectivity index (χ0n) is 17.3. The minimum absolute atomic E-state index is 0.166. The van der Waals surface area contributed by atoms with Gasteiger partial charge in [0.2, 0.25) is 6.54 Å². The van der Waals surface area contributed by atoms with Crippen molar-refractivity contribution in [2.24, 2.45) is 46.3 Å². The van der Waals surface area contributed by atoms with Crippen LogP contribution in [0.15, 0.2) is 0 Å². The number of rotatable bonds is 2. The summed E-state index contributed by atoms with van der Waals surface area (Å²) in [6.07, 6.45) is 11.5. The fraction of sp³-hybridized carbons (Fsp3) is 0.958. The molecule has 1 saturated heterocycles. The molecule has 0 aromatic carbocycles. The molecule has 150 valence electrons. The van der Waals surface area contributed by atoms with E-state index in [9.17, 15) is 5.11 Å². The maximum atomic E-state index is 10.6. The van der Waals surface area contributed by atoms with Crippen molar-refractivity contribution in [2.75, 3.05) is 19.8 Å². The van der Waals surface area contributed by atoms with E-state index in [2.05, 4.69) is 18.7 Å². The first-order valence-electron chi connectivity index (χ1n) is 11.5. The van der Waals surface area contributed by atoms with Gasteiger partial charge >= 0.3 is 0 Å². The quantitative estimate of drug-likeness (QED) is 0.698. The lowest BCUT2D eigenvalue weighted by atomic mass is 9.47. The number of hydrogen-bond donors (Lipinski definition) is 1. The molecule has 0 aromatic heterocycles. The average molecular weight is 372 g/mol. The first-order chi connectivity index (χ1) is 12.9. The van der Waals surface area contributed by atoms with Gasteiger partial charge in [-0.05, 0) is 106 Å².